The fraction of sp³-hybridized carbons (Fsp3) is 0.667. The minimum absolute atomic E-state index is 0.367. The Bertz CT molecular complexity index is 390. The van der Waals surface area contributed by atoms with Gasteiger partial charge in [0.25, 0.3) is 0 Å². The minimum atomic E-state index is 0.367. The van der Waals surface area contributed by atoms with Crippen LogP contribution < -0.4 is 0 Å². The van der Waals surface area contributed by atoms with Crippen molar-refractivity contribution in [3.63, 3.8) is 0 Å². The quantitative estimate of drug-likeness (QED) is 0.751. The molecule has 0 spiro atoms. The molecule has 3 rings (SSSR count). The Morgan fingerprint density at radius 3 is 3.00 bits per heavy atom. The third-order valence-corrected chi connectivity index (χ3v) is 3.47. The van der Waals surface area contributed by atoms with Crippen LogP contribution in [0.5, 0.6) is 0 Å². The number of ketones is 1. The van der Waals surface area contributed by atoms with Crippen LogP contribution in [0.2, 0.25) is 0 Å². The van der Waals surface area contributed by atoms with Crippen molar-refractivity contribution in [3.05, 3.63) is 17.7 Å². The van der Waals surface area contributed by atoms with Crippen LogP contribution in [0.3, 0.4) is 0 Å². The van der Waals surface area contributed by atoms with Crippen LogP contribution in [0.1, 0.15) is 37.1 Å². The number of aromatic nitrogens is 2. The van der Waals surface area contributed by atoms with Gasteiger partial charge in [0.2, 0.25) is 0 Å². The fourth-order valence-corrected chi connectivity index (χ4v) is 2.37. The zero-order valence-electron chi connectivity index (χ0n) is 8.91. The standard InChI is InChI=1S/C12H16N2O/c15-12(9-5-6-9)7-14-8-13-10-3-1-2-4-11(10)14/h8-9H,1-7H2. The lowest BCUT2D eigenvalue weighted by molar-refractivity contribution is -0.120. The predicted octanol–water partition coefficient (Wildman–Crippen LogP) is 1.74. The maximum Gasteiger partial charge on any atom is 0.155 e. The highest BCUT2D eigenvalue weighted by molar-refractivity contribution is 5.83. The van der Waals surface area contributed by atoms with E-state index in [-0.39, 0.29) is 0 Å². The van der Waals surface area contributed by atoms with E-state index in [1.165, 1.54) is 24.2 Å². The zero-order chi connectivity index (χ0) is 10.3. The maximum atomic E-state index is 11.7. The number of Topliss-reactive ketones (excluding diaryl/α,β-unsaturated/α-hetero) is 1. The number of hydrogen-bond donors (Lipinski definition) is 0. The number of nitrogens with zero attached hydrogens (tertiary/aromatic N) is 2. The Balaban J connectivity index is 1.79. The van der Waals surface area contributed by atoms with Crippen molar-refractivity contribution in [2.75, 3.05) is 0 Å². The summed E-state index contributed by atoms with van der Waals surface area (Å²) in [6, 6.07) is 0. The lowest BCUT2D eigenvalue weighted by Crippen LogP contribution is -2.15. The van der Waals surface area contributed by atoms with E-state index in [0.717, 1.165) is 25.7 Å². The SMILES string of the molecule is O=C(Cn1cnc2c1CCCC2)C1CC1. The third kappa shape index (κ3) is 1.71. The van der Waals surface area contributed by atoms with Crippen molar-refractivity contribution in [1.82, 2.24) is 9.55 Å². The van der Waals surface area contributed by atoms with Crippen LogP contribution in [0.4, 0.5) is 0 Å². The van der Waals surface area contributed by atoms with Gasteiger partial charge in [-0.15, -0.1) is 0 Å². The van der Waals surface area contributed by atoms with E-state index in [1.54, 1.807) is 0 Å². The lowest BCUT2D eigenvalue weighted by Gasteiger charge is -2.13. The summed E-state index contributed by atoms with van der Waals surface area (Å²) in [6.07, 6.45) is 8.77. The van der Waals surface area contributed by atoms with Gasteiger partial charge in [0.15, 0.2) is 5.78 Å². The van der Waals surface area contributed by atoms with Crippen molar-refractivity contribution in [3.8, 4) is 0 Å². The normalized spacial score (nSPS) is 20.0. The van der Waals surface area contributed by atoms with Crippen LogP contribution >= 0.6 is 0 Å². The van der Waals surface area contributed by atoms with E-state index >= 15 is 0 Å². The van der Waals surface area contributed by atoms with E-state index in [4.69, 9.17) is 0 Å². The Kier molecular flexibility index (Phi) is 2.11. The number of carbonyl (C=O) groups excluding carboxylic acids is 1. The summed E-state index contributed by atoms with van der Waals surface area (Å²) >= 11 is 0. The predicted molar refractivity (Wildman–Crippen MR) is 56.6 cm³/mol. The Morgan fingerprint density at radius 2 is 2.20 bits per heavy atom. The summed E-state index contributed by atoms with van der Waals surface area (Å²) in [5.74, 6) is 0.771. The van der Waals surface area contributed by atoms with Crippen LogP contribution in [0, 0.1) is 5.92 Å². The summed E-state index contributed by atoms with van der Waals surface area (Å²) in [7, 11) is 0. The van der Waals surface area contributed by atoms with Crippen LogP contribution in [-0.4, -0.2) is 15.3 Å². The Hall–Kier alpha value is -1.12. The van der Waals surface area contributed by atoms with Gasteiger partial charge in [-0.05, 0) is 38.5 Å². The smallest absolute Gasteiger partial charge is 0.155 e. The van der Waals surface area contributed by atoms with Gasteiger partial charge in [-0.1, -0.05) is 0 Å². The number of imidazole rings is 1. The van der Waals surface area contributed by atoms with Crippen molar-refractivity contribution in [2.45, 2.75) is 45.1 Å². The van der Waals surface area contributed by atoms with Gasteiger partial charge in [-0.25, -0.2) is 4.98 Å². The fourth-order valence-electron chi connectivity index (χ4n) is 2.37. The Labute approximate surface area is 89.5 Å². The van der Waals surface area contributed by atoms with Gasteiger partial charge in [-0.2, -0.15) is 0 Å². The minimum Gasteiger partial charge on any atom is -0.327 e. The monoisotopic (exact) mass is 204 g/mol. The zero-order valence-corrected chi connectivity index (χ0v) is 8.91. The molecule has 0 aliphatic heterocycles. The molecule has 0 bridgehead atoms. The summed E-state index contributed by atoms with van der Waals surface area (Å²) in [4.78, 5) is 16.1. The summed E-state index contributed by atoms with van der Waals surface area (Å²) in [5, 5.41) is 0. The second-order valence-electron chi connectivity index (χ2n) is 4.71. The molecule has 0 N–H and O–H groups in total. The highest BCUT2D eigenvalue weighted by atomic mass is 16.1. The van der Waals surface area contributed by atoms with Crippen molar-refractivity contribution >= 4 is 5.78 Å². The van der Waals surface area contributed by atoms with E-state index in [9.17, 15) is 4.79 Å². The van der Waals surface area contributed by atoms with Gasteiger partial charge >= 0.3 is 0 Å². The first kappa shape index (κ1) is 9.13. The second-order valence-corrected chi connectivity index (χ2v) is 4.71. The first-order valence-electron chi connectivity index (χ1n) is 5.90. The maximum absolute atomic E-state index is 11.7. The van der Waals surface area contributed by atoms with Gasteiger partial charge in [0.1, 0.15) is 0 Å². The summed E-state index contributed by atoms with van der Waals surface area (Å²) in [6.45, 7) is 0.562. The highest BCUT2D eigenvalue weighted by Crippen LogP contribution is 2.30. The molecule has 0 aromatic carbocycles. The van der Waals surface area contributed by atoms with Gasteiger partial charge in [0, 0.05) is 11.6 Å². The molecular weight excluding hydrogens is 188 g/mol. The van der Waals surface area contributed by atoms with E-state index < -0.39 is 0 Å². The average Bonchev–Trinajstić information content (AvgIpc) is 3.03. The van der Waals surface area contributed by atoms with Gasteiger partial charge < -0.3 is 4.57 Å². The molecule has 0 unspecified atom stereocenters. The molecule has 1 fully saturated rings. The third-order valence-electron chi connectivity index (χ3n) is 3.47. The van der Waals surface area contributed by atoms with Gasteiger partial charge in [-0.3, -0.25) is 4.79 Å². The van der Waals surface area contributed by atoms with Crippen molar-refractivity contribution in [1.29, 1.82) is 0 Å². The average molecular weight is 204 g/mol. The molecule has 2 aliphatic rings. The van der Waals surface area contributed by atoms with Gasteiger partial charge in [0.05, 0.1) is 18.6 Å². The largest absolute Gasteiger partial charge is 0.327 e. The van der Waals surface area contributed by atoms with Crippen molar-refractivity contribution < 1.29 is 4.79 Å². The van der Waals surface area contributed by atoms with E-state index in [1.807, 2.05) is 6.33 Å². The lowest BCUT2D eigenvalue weighted by atomic mass is 10.0. The first-order valence-corrected chi connectivity index (χ1v) is 5.90. The topological polar surface area (TPSA) is 34.9 Å². The number of hydrogen-bond acceptors (Lipinski definition) is 2. The molecule has 1 aromatic rings. The number of rotatable bonds is 3. The molecule has 1 aromatic heterocycles. The molecule has 1 heterocycles. The van der Waals surface area contributed by atoms with Crippen LogP contribution in [0.25, 0.3) is 0 Å². The van der Waals surface area contributed by atoms with Crippen molar-refractivity contribution in [2.24, 2.45) is 5.92 Å². The molecule has 0 amide bonds. The van der Waals surface area contributed by atoms with Crippen LogP contribution in [0.15, 0.2) is 6.33 Å². The summed E-state index contributed by atoms with van der Waals surface area (Å²) < 4.78 is 2.08. The first-order chi connectivity index (χ1) is 7.34. The molecule has 3 nitrogen and oxygen atoms in total. The molecule has 0 radical (unpaired) electrons. The number of aryl methyl sites for hydroxylation is 1. The molecule has 2 aliphatic carbocycles. The van der Waals surface area contributed by atoms with E-state index in [2.05, 4.69) is 9.55 Å². The molecule has 1 saturated carbocycles. The van der Waals surface area contributed by atoms with E-state index in [0.29, 0.717) is 18.2 Å². The highest BCUT2D eigenvalue weighted by Gasteiger charge is 2.30. The number of carbonyl (C=O) groups is 1. The summed E-state index contributed by atoms with van der Waals surface area (Å²) in [5.41, 5.74) is 2.54. The molecule has 80 valence electrons. The molecule has 0 saturated heterocycles. The Morgan fingerprint density at radius 1 is 1.40 bits per heavy atom. The molecule has 15 heavy (non-hydrogen) atoms. The second kappa shape index (κ2) is 3.47. The molecule has 0 atom stereocenters. The number of fused-ring (bicyclic) bond motifs is 1. The molecule has 3 heteroatoms. The molecular formula is C12H16N2O. The van der Waals surface area contributed by atoms with Crippen LogP contribution in [-0.2, 0) is 24.2 Å².